The lowest BCUT2D eigenvalue weighted by molar-refractivity contribution is 0.218. The average Bonchev–Trinajstić information content (AvgIpc) is 2.74. The van der Waals surface area contributed by atoms with Crippen molar-refractivity contribution in [3.05, 3.63) is 59.3 Å². The Morgan fingerprint density at radius 2 is 1.96 bits per heavy atom. The zero-order valence-corrected chi connectivity index (χ0v) is 16.6. The molecule has 28 heavy (non-hydrogen) atoms. The lowest BCUT2D eigenvalue weighted by Crippen LogP contribution is -2.49. The molecule has 1 fully saturated rings. The van der Waals surface area contributed by atoms with Crippen LogP contribution in [0, 0.1) is 11.3 Å². The van der Waals surface area contributed by atoms with Crippen molar-refractivity contribution in [2.45, 2.75) is 44.8 Å². The maximum absolute atomic E-state index is 9.08. The number of fused-ring (bicyclic) bond motifs is 1. The van der Waals surface area contributed by atoms with Crippen molar-refractivity contribution < 1.29 is 0 Å². The summed E-state index contributed by atoms with van der Waals surface area (Å²) in [4.78, 5) is 9.31. The minimum atomic E-state index is 0.488. The summed E-state index contributed by atoms with van der Waals surface area (Å²) < 4.78 is 0. The van der Waals surface area contributed by atoms with E-state index in [0.717, 1.165) is 57.8 Å². The molecule has 2 aromatic rings. The predicted molar refractivity (Wildman–Crippen MR) is 112 cm³/mol. The summed E-state index contributed by atoms with van der Waals surface area (Å²) in [6.07, 6.45) is 5.13. The summed E-state index contributed by atoms with van der Waals surface area (Å²) in [6.45, 7) is 7.61. The first kappa shape index (κ1) is 18.9. The van der Waals surface area contributed by atoms with Gasteiger partial charge >= 0.3 is 0 Å². The molecule has 0 bridgehead atoms. The highest BCUT2D eigenvalue weighted by Crippen LogP contribution is 2.20. The van der Waals surface area contributed by atoms with Gasteiger partial charge in [0.05, 0.1) is 11.6 Å². The van der Waals surface area contributed by atoms with Crippen LogP contribution >= 0.6 is 0 Å². The Morgan fingerprint density at radius 3 is 2.75 bits per heavy atom. The molecule has 2 aliphatic rings. The van der Waals surface area contributed by atoms with Crippen molar-refractivity contribution >= 4 is 5.82 Å². The quantitative estimate of drug-likeness (QED) is 0.871. The van der Waals surface area contributed by atoms with E-state index in [0.29, 0.717) is 17.6 Å². The van der Waals surface area contributed by atoms with Gasteiger partial charge in [0.2, 0.25) is 0 Å². The number of piperidine rings is 1. The van der Waals surface area contributed by atoms with Crippen LogP contribution in [0.4, 0.5) is 5.82 Å². The van der Waals surface area contributed by atoms with Crippen molar-refractivity contribution in [3.63, 3.8) is 0 Å². The van der Waals surface area contributed by atoms with Gasteiger partial charge in [-0.05, 0) is 49.4 Å². The van der Waals surface area contributed by atoms with Gasteiger partial charge in [0.25, 0.3) is 0 Å². The highest BCUT2D eigenvalue weighted by atomic mass is 15.2. The number of nitrogens with zero attached hydrogens (tertiary/aromatic N) is 4. The Kier molecular flexibility index (Phi) is 5.90. The molecule has 1 N–H and O–H groups in total. The van der Waals surface area contributed by atoms with Crippen LogP contribution in [-0.2, 0) is 13.0 Å². The summed E-state index contributed by atoms with van der Waals surface area (Å²) in [5.41, 5.74) is 3.68. The number of pyridine rings is 1. The molecule has 0 aliphatic carbocycles. The molecule has 4 rings (SSSR count). The summed E-state index contributed by atoms with van der Waals surface area (Å²) in [5, 5.41) is 12.9. The van der Waals surface area contributed by atoms with E-state index >= 15 is 0 Å². The number of nitriles is 1. The monoisotopic (exact) mass is 375 g/mol. The van der Waals surface area contributed by atoms with Crippen molar-refractivity contribution in [1.82, 2.24) is 15.2 Å². The van der Waals surface area contributed by atoms with E-state index in [1.165, 1.54) is 11.1 Å². The van der Waals surface area contributed by atoms with Gasteiger partial charge in [-0.3, -0.25) is 4.90 Å². The van der Waals surface area contributed by atoms with Crippen LogP contribution in [0.3, 0.4) is 0 Å². The van der Waals surface area contributed by atoms with Crippen molar-refractivity contribution in [1.29, 1.82) is 5.26 Å². The zero-order chi connectivity index (χ0) is 19.3. The molecule has 5 nitrogen and oxygen atoms in total. The second kappa shape index (κ2) is 8.72. The number of rotatable bonds is 5. The van der Waals surface area contributed by atoms with E-state index < -0.39 is 0 Å². The number of aromatic nitrogens is 1. The number of hydrogen-bond donors (Lipinski definition) is 1. The van der Waals surface area contributed by atoms with Crippen molar-refractivity contribution in [2.24, 2.45) is 0 Å². The molecule has 3 heterocycles. The molecule has 0 spiro atoms. The Balaban J connectivity index is 1.24. The zero-order valence-electron chi connectivity index (χ0n) is 16.6. The topological polar surface area (TPSA) is 55.2 Å². The number of nitrogens with one attached hydrogen (secondary N) is 1. The van der Waals surface area contributed by atoms with Crippen LogP contribution in [-0.4, -0.2) is 48.1 Å². The highest BCUT2D eigenvalue weighted by molar-refractivity contribution is 5.45. The molecule has 1 atom stereocenters. The molecule has 0 saturated carbocycles. The van der Waals surface area contributed by atoms with Crippen LogP contribution < -0.4 is 10.2 Å². The molecule has 0 amide bonds. The first-order chi connectivity index (χ1) is 13.7. The van der Waals surface area contributed by atoms with E-state index in [1.807, 2.05) is 6.07 Å². The van der Waals surface area contributed by atoms with E-state index in [1.54, 1.807) is 12.3 Å². The smallest absolute Gasteiger partial charge is 0.129 e. The van der Waals surface area contributed by atoms with Gasteiger partial charge in [0.1, 0.15) is 5.82 Å². The van der Waals surface area contributed by atoms with E-state index in [-0.39, 0.29) is 0 Å². The molecule has 5 heteroatoms. The summed E-state index contributed by atoms with van der Waals surface area (Å²) in [5.74, 6) is 0.928. The van der Waals surface area contributed by atoms with Crippen LogP contribution in [0.25, 0.3) is 0 Å². The molecular weight excluding hydrogens is 346 g/mol. The minimum Gasteiger partial charge on any atom is -0.356 e. The molecule has 2 aliphatic heterocycles. The molecule has 0 unspecified atom stereocenters. The second-order valence-corrected chi connectivity index (χ2v) is 8.10. The summed E-state index contributed by atoms with van der Waals surface area (Å²) in [7, 11) is 0. The molecule has 1 aromatic carbocycles. The lowest BCUT2D eigenvalue weighted by atomic mass is 9.99. The molecule has 1 aromatic heterocycles. The first-order valence-electron chi connectivity index (χ1n) is 10.4. The Labute approximate surface area is 168 Å². The Morgan fingerprint density at radius 1 is 1.18 bits per heavy atom. The molecular formula is C23H29N5. The van der Waals surface area contributed by atoms with Gasteiger partial charge in [0, 0.05) is 51.0 Å². The third-order valence-corrected chi connectivity index (χ3v) is 5.96. The Hall–Kier alpha value is -2.42. The lowest BCUT2D eigenvalue weighted by Gasteiger charge is -2.36. The largest absolute Gasteiger partial charge is 0.356 e. The fourth-order valence-electron chi connectivity index (χ4n) is 4.49. The first-order valence-corrected chi connectivity index (χ1v) is 10.4. The number of anilines is 1. The van der Waals surface area contributed by atoms with Crippen LogP contribution in [0.5, 0.6) is 0 Å². The van der Waals surface area contributed by atoms with Gasteiger partial charge in [-0.15, -0.1) is 0 Å². The van der Waals surface area contributed by atoms with E-state index in [9.17, 15) is 0 Å². The number of benzene rings is 1. The standard InChI is InChI=1S/C23H29N5/c1-18(16-27-11-7-20-4-2-3-5-21(20)17-27)26-22-8-12-28(13-9-22)23-14-19(15-24)6-10-25-23/h2-6,10,14,18,22,26H,7-9,11-13,16-17H2,1H3/t18-/m0/s1. The SMILES string of the molecule is C[C@@H](CN1CCc2ccccc2C1)NC1CCN(c2cc(C#N)ccn2)CC1. The van der Waals surface area contributed by atoms with Gasteiger partial charge in [0.15, 0.2) is 0 Å². The maximum Gasteiger partial charge on any atom is 0.129 e. The number of hydrogen-bond acceptors (Lipinski definition) is 5. The third kappa shape index (κ3) is 4.52. The van der Waals surface area contributed by atoms with Gasteiger partial charge < -0.3 is 10.2 Å². The van der Waals surface area contributed by atoms with E-state index in [4.69, 9.17) is 5.26 Å². The van der Waals surface area contributed by atoms with Crippen LogP contribution in [0.15, 0.2) is 42.6 Å². The maximum atomic E-state index is 9.08. The predicted octanol–water partition coefficient (Wildman–Crippen LogP) is 2.96. The Bertz CT molecular complexity index is 835. The minimum absolute atomic E-state index is 0.488. The summed E-state index contributed by atoms with van der Waals surface area (Å²) in [6, 6.07) is 15.7. The van der Waals surface area contributed by atoms with E-state index in [2.05, 4.69) is 57.4 Å². The highest BCUT2D eigenvalue weighted by Gasteiger charge is 2.23. The van der Waals surface area contributed by atoms with Crippen LogP contribution in [0.1, 0.15) is 36.5 Å². The van der Waals surface area contributed by atoms with Gasteiger partial charge in [-0.2, -0.15) is 5.26 Å². The normalized spacial score (nSPS) is 19.1. The van der Waals surface area contributed by atoms with Crippen molar-refractivity contribution in [2.75, 3.05) is 31.1 Å². The fourth-order valence-corrected chi connectivity index (χ4v) is 4.49. The summed E-state index contributed by atoms with van der Waals surface area (Å²) >= 11 is 0. The van der Waals surface area contributed by atoms with Crippen molar-refractivity contribution in [3.8, 4) is 6.07 Å². The third-order valence-electron chi connectivity index (χ3n) is 5.96. The van der Waals surface area contributed by atoms with Gasteiger partial charge in [-0.25, -0.2) is 4.98 Å². The average molecular weight is 376 g/mol. The van der Waals surface area contributed by atoms with Crippen LogP contribution in [0.2, 0.25) is 0 Å². The fraction of sp³-hybridized carbons (Fsp3) is 0.478. The molecule has 0 radical (unpaired) electrons. The molecule has 146 valence electrons. The molecule has 1 saturated heterocycles. The second-order valence-electron chi connectivity index (χ2n) is 8.10. The van der Waals surface area contributed by atoms with Gasteiger partial charge in [-0.1, -0.05) is 24.3 Å².